The van der Waals surface area contributed by atoms with Gasteiger partial charge < -0.3 is 19.1 Å². The first-order chi connectivity index (χ1) is 16.7. The van der Waals surface area contributed by atoms with Gasteiger partial charge in [0.05, 0.1) is 19.1 Å². The number of para-hydroxylation sites is 1. The van der Waals surface area contributed by atoms with Crippen molar-refractivity contribution in [2.24, 2.45) is 0 Å². The minimum Gasteiger partial charge on any atom is -0.493 e. The molecule has 1 amide bonds. The molecule has 0 atom stereocenters. The largest absolute Gasteiger partial charge is 0.493 e. The van der Waals surface area contributed by atoms with E-state index < -0.39 is 15.8 Å². The van der Waals surface area contributed by atoms with Crippen LogP contribution in [0, 0.1) is 12.7 Å². The number of amides is 1. The number of nitrogens with zero attached hydrogens (tertiary/aromatic N) is 1. The maximum Gasteiger partial charge on any atom is 0.261 e. The average Bonchev–Trinajstić information content (AvgIpc) is 2.98. The van der Waals surface area contributed by atoms with E-state index in [-0.39, 0.29) is 36.2 Å². The predicted molar refractivity (Wildman–Crippen MR) is 128 cm³/mol. The van der Waals surface area contributed by atoms with Crippen molar-refractivity contribution in [3.05, 3.63) is 77.1 Å². The van der Waals surface area contributed by atoms with Crippen molar-refractivity contribution in [1.82, 2.24) is 4.90 Å². The predicted octanol–water partition coefficient (Wildman–Crippen LogP) is 3.87. The summed E-state index contributed by atoms with van der Waals surface area (Å²) in [5.41, 5.74) is 1.99. The van der Waals surface area contributed by atoms with E-state index in [0.717, 1.165) is 11.6 Å². The molecule has 1 aliphatic heterocycles. The molecule has 0 aromatic heterocycles. The van der Waals surface area contributed by atoms with Crippen LogP contribution in [0.25, 0.3) is 0 Å². The second-order valence-corrected chi connectivity index (χ2v) is 9.71. The summed E-state index contributed by atoms with van der Waals surface area (Å²) in [5, 5.41) is 0. The summed E-state index contributed by atoms with van der Waals surface area (Å²) in [6.45, 7) is 1.82. The van der Waals surface area contributed by atoms with E-state index in [1.165, 1.54) is 32.4 Å². The van der Waals surface area contributed by atoms with Crippen molar-refractivity contribution in [3.63, 3.8) is 0 Å². The van der Waals surface area contributed by atoms with Crippen LogP contribution in [0.2, 0.25) is 0 Å². The minimum absolute atomic E-state index is 0.160. The number of hydrogen-bond donors (Lipinski definition) is 1. The number of sulfonamides is 1. The van der Waals surface area contributed by atoms with Crippen molar-refractivity contribution in [3.8, 4) is 17.2 Å². The highest BCUT2D eigenvalue weighted by Gasteiger charge is 2.25. The van der Waals surface area contributed by atoms with Gasteiger partial charge >= 0.3 is 0 Å². The fraction of sp³-hybridized carbons (Fsp3) is 0.240. The number of nitrogens with one attached hydrogen (secondary N) is 1. The van der Waals surface area contributed by atoms with Crippen molar-refractivity contribution in [2.45, 2.75) is 24.9 Å². The van der Waals surface area contributed by atoms with Crippen molar-refractivity contribution < 1.29 is 31.8 Å². The Labute approximate surface area is 203 Å². The van der Waals surface area contributed by atoms with Crippen LogP contribution in [0.1, 0.15) is 16.7 Å². The van der Waals surface area contributed by atoms with Crippen LogP contribution in [0.5, 0.6) is 17.2 Å². The SMILES string of the molecule is COc1cccc(CN2Cc3cc(NS(=O)(=O)c4ccc(C)c(F)c4)ccc3OCC2=O)c1OC. The number of fused-ring (bicyclic) bond motifs is 1. The molecule has 0 unspecified atom stereocenters. The summed E-state index contributed by atoms with van der Waals surface area (Å²) in [6, 6.07) is 13.9. The van der Waals surface area contributed by atoms with E-state index in [2.05, 4.69) is 4.72 Å². The van der Waals surface area contributed by atoms with E-state index in [1.807, 2.05) is 12.1 Å². The van der Waals surface area contributed by atoms with Crippen LogP contribution in [0.15, 0.2) is 59.5 Å². The maximum absolute atomic E-state index is 13.9. The molecular formula is C25H25FN2O6S. The molecular weight excluding hydrogens is 475 g/mol. The normalized spacial score (nSPS) is 13.5. The monoisotopic (exact) mass is 500 g/mol. The Balaban J connectivity index is 1.60. The quantitative estimate of drug-likeness (QED) is 0.529. The van der Waals surface area contributed by atoms with Gasteiger partial charge in [-0.15, -0.1) is 0 Å². The molecule has 0 saturated heterocycles. The summed E-state index contributed by atoms with van der Waals surface area (Å²) >= 11 is 0. The highest BCUT2D eigenvalue weighted by molar-refractivity contribution is 7.92. The Morgan fingerprint density at radius 3 is 2.60 bits per heavy atom. The number of aryl methyl sites for hydroxylation is 1. The van der Waals surface area contributed by atoms with Crippen molar-refractivity contribution >= 4 is 21.6 Å². The molecule has 0 aliphatic carbocycles. The Morgan fingerprint density at radius 2 is 1.89 bits per heavy atom. The average molecular weight is 501 g/mol. The third-order valence-electron chi connectivity index (χ3n) is 5.68. The first kappa shape index (κ1) is 24.3. The van der Waals surface area contributed by atoms with E-state index in [9.17, 15) is 17.6 Å². The lowest BCUT2D eigenvalue weighted by Gasteiger charge is -2.22. The summed E-state index contributed by atoms with van der Waals surface area (Å²) in [6.07, 6.45) is 0. The maximum atomic E-state index is 13.9. The summed E-state index contributed by atoms with van der Waals surface area (Å²) in [4.78, 5) is 14.2. The topological polar surface area (TPSA) is 94.2 Å². The first-order valence-electron chi connectivity index (χ1n) is 10.7. The van der Waals surface area contributed by atoms with Crippen LogP contribution in [-0.4, -0.2) is 40.1 Å². The summed E-state index contributed by atoms with van der Waals surface area (Å²) in [7, 11) is -0.951. The third kappa shape index (κ3) is 5.17. The number of methoxy groups -OCH3 is 2. The molecule has 1 heterocycles. The van der Waals surface area contributed by atoms with Crippen LogP contribution in [0.4, 0.5) is 10.1 Å². The standard InChI is InChI=1S/C25H25FN2O6S/c1-16-7-9-20(12-21(16)26)35(30,31)27-19-8-10-22-18(11-19)14-28(24(29)15-34-22)13-17-5-4-6-23(32-2)25(17)33-3/h4-12,27H,13-15H2,1-3H3. The van der Waals surface area contributed by atoms with E-state index in [1.54, 1.807) is 30.0 Å². The number of rotatable bonds is 7. The molecule has 1 N–H and O–H groups in total. The molecule has 3 aromatic carbocycles. The minimum atomic E-state index is -4.02. The summed E-state index contributed by atoms with van der Waals surface area (Å²) in [5.74, 6) is 0.713. The van der Waals surface area contributed by atoms with Crippen LogP contribution >= 0.6 is 0 Å². The number of benzene rings is 3. The van der Waals surface area contributed by atoms with E-state index >= 15 is 0 Å². The molecule has 10 heteroatoms. The fourth-order valence-corrected chi connectivity index (χ4v) is 4.88. The zero-order chi connectivity index (χ0) is 25.2. The smallest absolute Gasteiger partial charge is 0.261 e. The van der Waals surface area contributed by atoms with Crippen LogP contribution < -0.4 is 18.9 Å². The van der Waals surface area contributed by atoms with Gasteiger partial charge in [0.15, 0.2) is 18.1 Å². The zero-order valence-electron chi connectivity index (χ0n) is 19.5. The van der Waals surface area contributed by atoms with Gasteiger partial charge in [-0.2, -0.15) is 0 Å². The molecule has 35 heavy (non-hydrogen) atoms. The number of anilines is 1. The molecule has 3 aromatic rings. The highest BCUT2D eigenvalue weighted by atomic mass is 32.2. The lowest BCUT2D eigenvalue weighted by Crippen LogP contribution is -2.32. The molecule has 184 valence electrons. The molecule has 1 aliphatic rings. The Kier molecular flexibility index (Phi) is 6.83. The zero-order valence-corrected chi connectivity index (χ0v) is 20.3. The molecule has 4 rings (SSSR count). The number of hydrogen-bond acceptors (Lipinski definition) is 6. The summed E-state index contributed by atoms with van der Waals surface area (Å²) < 4.78 is 58.4. The van der Waals surface area contributed by atoms with Crippen molar-refractivity contribution in [2.75, 3.05) is 25.5 Å². The van der Waals surface area contributed by atoms with Gasteiger partial charge in [-0.05, 0) is 48.9 Å². The lowest BCUT2D eigenvalue weighted by molar-refractivity contribution is -0.133. The molecule has 0 spiro atoms. The molecule has 8 nitrogen and oxygen atoms in total. The van der Waals surface area contributed by atoms with Gasteiger partial charge in [0, 0.05) is 29.9 Å². The first-order valence-corrected chi connectivity index (χ1v) is 12.2. The highest BCUT2D eigenvalue weighted by Crippen LogP contribution is 2.33. The van der Waals surface area contributed by atoms with Crippen LogP contribution in [0.3, 0.4) is 0 Å². The second kappa shape index (κ2) is 9.83. The lowest BCUT2D eigenvalue weighted by atomic mass is 10.1. The number of carbonyl (C=O) groups excluding carboxylic acids is 1. The van der Waals surface area contributed by atoms with E-state index in [0.29, 0.717) is 28.4 Å². The number of ether oxygens (including phenoxy) is 3. The van der Waals surface area contributed by atoms with Gasteiger partial charge in [-0.3, -0.25) is 9.52 Å². The molecule has 0 saturated carbocycles. The molecule has 0 bridgehead atoms. The van der Waals surface area contributed by atoms with Gasteiger partial charge in [0.25, 0.3) is 15.9 Å². The fourth-order valence-electron chi connectivity index (χ4n) is 3.81. The van der Waals surface area contributed by atoms with Gasteiger partial charge in [0.1, 0.15) is 11.6 Å². The van der Waals surface area contributed by atoms with E-state index in [4.69, 9.17) is 14.2 Å². The Morgan fingerprint density at radius 1 is 1.09 bits per heavy atom. The second-order valence-electron chi connectivity index (χ2n) is 8.03. The number of halogens is 1. The Hall–Kier alpha value is -3.79. The Bertz CT molecular complexity index is 1380. The number of carbonyl (C=O) groups is 1. The molecule has 0 radical (unpaired) electrons. The van der Waals surface area contributed by atoms with Gasteiger partial charge in [0.2, 0.25) is 0 Å². The van der Waals surface area contributed by atoms with Crippen molar-refractivity contribution in [1.29, 1.82) is 0 Å². The third-order valence-corrected chi connectivity index (χ3v) is 7.06. The van der Waals surface area contributed by atoms with Gasteiger partial charge in [-0.25, -0.2) is 12.8 Å². The van der Waals surface area contributed by atoms with Crippen LogP contribution in [-0.2, 0) is 27.9 Å². The van der Waals surface area contributed by atoms with Gasteiger partial charge in [-0.1, -0.05) is 18.2 Å². The molecule has 0 fully saturated rings.